The third-order valence-corrected chi connectivity index (χ3v) is 5.47. The number of carbonyl (C=O) groups is 1. The summed E-state index contributed by atoms with van der Waals surface area (Å²) >= 11 is 5.78. The van der Waals surface area contributed by atoms with Gasteiger partial charge in [0.15, 0.2) is 0 Å². The number of piperazine rings is 1. The van der Waals surface area contributed by atoms with Crippen molar-refractivity contribution in [3.8, 4) is 11.4 Å². The van der Waals surface area contributed by atoms with Crippen LogP contribution in [0.25, 0.3) is 17.5 Å². The number of hydrogen-bond acceptors (Lipinski definition) is 5. The first-order valence-electron chi connectivity index (χ1n) is 10.0. The molecule has 3 aromatic rings. The summed E-state index contributed by atoms with van der Waals surface area (Å²) < 4.78 is 18.6. The van der Waals surface area contributed by atoms with Crippen LogP contribution < -0.4 is 0 Å². The van der Waals surface area contributed by atoms with Gasteiger partial charge < -0.3 is 9.42 Å². The number of halogens is 2. The zero-order valence-electron chi connectivity index (χ0n) is 17.1. The molecule has 0 aliphatic carbocycles. The maximum absolute atomic E-state index is 13.2. The molecule has 8 heteroatoms. The fraction of sp³-hybridized carbons (Fsp3) is 0.261. The predicted octanol–water partition coefficient (Wildman–Crippen LogP) is 4.20. The molecule has 2 aromatic carbocycles. The molecule has 1 saturated heterocycles. The van der Waals surface area contributed by atoms with Crippen LogP contribution in [0.2, 0.25) is 5.02 Å². The van der Waals surface area contributed by atoms with Crippen LogP contribution in [0.3, 0.4) is 0 Å². The highest BCUT2D eigenvalue weighted by Crippen LogP contribution is 2.18. The lowest BCUT2D eigenvalue weighted by Crippen LogP contribution is -2.47. The largest absolute Gasteiger partial charge is 0.338 e. The topological polar surface area (TPSA) is 62.5 Å². The molecule has 0 bridgehead atoms. The Morgan fingerprint density at radius 3 is 2.61 bits per heavy atom. The van der Waals surface area contributed by atoms with Gasteiger partial charge in [-0.1, -0.05) is 52.7 Å². The first kappa shape index (κ1) is 21.2. The summed E-state index contributed by atoms with van der Waals surface area (Å²) in [5.41, 5.74) is 2.78. The average molecular weight is 441 g/mol. The van der Waals surface area contributed by atoms with Crippen LogP contribution in [0.1, 0.15) is 17.0 Å². The van der Waals surface area contributed by atoms with E-state index < -0.39 is 5.82 Å². The lowest BCUT2D eigenvalue weighted by molar-refractivity contribution is -0.127. The van der Waals surface area contributed by atoms with Crippen molar-refractivity contribution in [1.82, 2.24) is 19.9 Å². The molecule has 4 rings (SSSR count). The molecule has 1 amide bonds. The number of aromatic nitrogens is 2. The minimum Gasteiger partial charge on any atom is -0.338 e. The molecular formula is C23H22ClFN4O2. The Hall–Kier alpha value is -3.03. The molecule has 1 aromatic heterocycles. The smallest absolute Gasteiger partial charge is 0.246 e. The van der Waals surface area contributed by atoms with Crippen LogP contribution in [0.5, 0.6) is 0 Å². The van der Waals surface area contributed by atoms with Gasteiger partial charge in [0.05, 0.1) is 11.6 Å². The van der Waals surface area contributed by atoms with Crippen LogP contribution in [-0.2, 0) is 11.3 Å². The number of hydrogen-bond donors (Lipinski definition) is 0. The molecule has 0 atom stereocenters. The lowest BCUT2D eigenvalue weighted by atomic mass is 10.1. The van der Waals surface area contributed by atoms with Gasteiger partial charge in [0.25, 0.3) is 0 Å². The SMILES string of the molecule is Cc1ccc(-c2noc(CN3CCN(C(=O)/C=C/c4ccc(F)c(Cl)c4)CC3)n2)cc1. The summed E-state index contributed by atoms with van der Waals surface area (Å²) in [5, 5.41) is 4.11. The molecule has 0 saturated carbocycles. The van der Waals surface area contributed by atoms with Gasteiger partial charge in [0.2, 0.25) is 17.6 Å². The maximum atomic E-state index is 13.2. The number of rotatable bonds is 5. The van der Waals surface area contributed by atoms with Gasteiger partial charge in [-0.3, -0.25) is 9.69 Å². The van der Waals surface area contributed by atoms with Crippen LogP contribution >= 0.6 is 11.6 Å². The van der Waals surface area contributed by atoms with E-state index in [9.17, 15) is 9.18 Å². The lowest BCUT2D eigenvalue weighted by Gasteiger charge is -2.33. The Labute approximate surface area is 184 Å². The van der Waals surface area contributed by atoms with Crippen LogP contribution in [0.15, 0.2) is 53.1 Å². The molecule has 6 nitrogen and oxygen atoms in total. The van der Waals surface area contributed by atoms with Gasteiger partial charge in [-0.05, 0) is 30.7 Å². The first-order chi connectivity index (χ1) is 15.0. The molecule has 0 radical (unpaired) electrons. The quantitative estimate of drug-likeness (QED) is 0.556. The standard InChI is InChI=1S/C23H22ClFN4O2/c1-16-2-6-18(7-3-16)23-26-21(31-27-23)15-28-10-12-29(13-11-28)22(30)9-5-17-4-8-20(25)19(24)14-17/h2-9,14H,10-13,15H2,1H3/b9-5+. The molecule has 160 valence electrons. The van der Waals surface area contributed by atoms with Crippen LogP contribution in [-0.4, -0.2) is 52.0 Å². The minimum atomic E-state index is -0.478. The number of benzene rings is 2. The van der Waals surface area contributed by atoms with Gasteiger partial charge in [0, 0.05) is 37.8 Å². The van der Waals surface area contributed by atoms with Gasteiger partial charge >= 0.3 is 0 Å². The third-order valence-electron chi connectivity index (χ3n) is 5.18. The number of carbonyl (C=O) groups excluding carboxylic acids is 1. The summed E-state index contributed by atoms with van der Waals surface area (Å²) in [6.07, 6.45) is 3.14. The number of nitrogens with zero attached hydrogens (tertiary/aromatic N) is 4. The summed E-state index contributed by atoms with van der Waals surface area (Å²) in [7, 11) is 0. The van der Waals surface area contributed by atoms with Crippen molar-refractivity contribution in [3.05, 3.63) is 76.4 Å². The molecule has 0 unspecified atom stereocenters. The van der Waals surface area contributed by atoms with Crippen molar-refractivity contribution in [1.29, 1.82) is 0 Å². The fourth-order valence-corrected chi connectivity index (χ4v) is 3.53. The van der Waals surface area contributed by atoms with E-state index in [-0.39, 0.29) is 10.9 Å². The Kier molecular flexibility index (Phi) is 6.44. The van der Waals surface area contributed by atoms with Gasteiger partial charge in [0.1, 0.15) is 5.82 Å². The second kappa shape index (κ2) is 9.41. The fourth-order valence-electron chi connectivity index (χ4n) is 3.35. The third kappa shape index (κ3) is 5.37. The Morgan fingerprint density at radius 1 is 1.16 bits per heavy atom. The van der Waals surface area contributed by atoms with Crippen molar-refractivity contribution in [2.45, 2.75) is 13.5 Å². The van der Waals surface area contributed by atoms with Crippen LogP contribution in [0.4, 0.5) is 4.39 Å². The predicted molar refractivity (Wildman–Crippen MR) is 117 cm³/mol. The van der Waals surface area contributed by atoms with Crippen molar-refractivity contribution >= 4 is 23.6 Å². The van der Waals surface area contributed by atoms with Gasteiger partial charge in [-0.25, -0.2) is 4.39 Å². The number of amides is 1. The zero-order chi connectivity index (χ0) is 21.8. The molecule has 1 fully saturated rings. The highest BCUT2D eigenvalue weighted by Gasteiger charge is 2.21. The van der Waals surface area contributed by atoms with Crippen molar-refractivity contribution in [3.63, 3.8) is 0 Å². The molecular weight excluding hydrogens is 419 g/mol. The van der Waals surface area contributed by atoms with Gasteiger partial charge in [-0.15, -0.1) is 0 Å². The Bertz CT molecular complexity index is 1090. The monoisotopic (exact) mass is 440 g/mol. The molecule has 2 heterocycles. The van der Waals surface area contributed by atoms with Crippen molar-refractivity contribution < 1.29 is 13.7 Å². The normalized spacial score (nSPS) is 15.0. The Balaban J connectivity index is 1.28. The molecule has 0 spiro atoms. The molecule has 0 N–H and O–H groups in total. The summed E-state index contributed by atoms with van der Waals surface area (Å²) in [5.74, 6) is 0.575. The van der Waals surface area contributed by atoms with Gasteiger partial charge in [-0.2, -0.15) is 4.98 Å². The first-order valence-corrected chi connectivity index (χ1v) is 10.4. The molecule has 31 heavy (non-hydrogen) atoms. The van der Waals surface area contributed by atoms with Crippen LogP contribution in [0, 0.1) is 12.7 Å². The highest BCUT2D eigenvalue weighted by atomic mass is 35.5. The highest BCUT2D eigenvalue weighted by molar-refractivity contribution is 6.30. The number of aryl methyl sites for hydroxylation is 1. The second-order valence-electron chi connectivity index (χ2n) is 7.49. The van der Waals surface area contributed by atoms with E-state index in [1.807, 2.05) is 31.2 Å². The average Bonchev–Trinajstić information content (AvgIpc) is 3.24. The summed E-state index contributed by atoms with van der Waals surface area (Å²) in [6, 6.07) is 12.3. The minimum absolute atomic E-state index is 0.0368. The van der Waals surface area contributed by atoms with E-state index >= 15 is 0 Å². The molecule has 1 aliphatic rings. The second-order valence-corrected chi connectivity index (χ2v) is 7.89. The van der Waals surface area contributed by atoms with E-state index in [4.69, 9.17) is 16.1 Å². The van der Waals surface area contributed by atoms with E-state index in [0.717, 1.165) is 5.56 Å². The summed E-state index contributed by atoms with van der Waals surface area (Å²) in [6.45, 7) is 5.21. The van der Waals surface area contributed by atoms with Crippen molar-refractivity contribution in [2.75, 3.05) is 26.2 Å². The van der Waals surface area contributed by atoms with E-state index in [0.29, 0.717) is 50.0 Å². The van der Waals surface area contributed by atoms with E-state index in [1.54, 1.807) is 17.0 Å². The van der Waals surface area contributed by atoms with Crippen molar-refractivity contribution in [2.24, 2.45) is 0 Å². The van der Waals surface area contributed by atoms with E-state index in [1.165, 1.54) is 23.8 Å². The Morgan fingerprint density at radius 2 is 1.90 bits per heavy atom. The summed E-state index contributed by atoms with van der Waals surface area (Å²) in [4.78, 5) is 20.9. The maximum Gasteiger partial charge on any atom is 0.246 e. The zero-order valence-corrected chi connectivity index (χ0v) is 17.8. The van der Waals surface area contributed by atoms with E-state index in [2.05, 4.69) is 15.0 Å². The molecule has 1 aliphatic heterocycles.